The van der Waals surface area contributed by atoms with Crippen LogP contribution in [-0.4, -0.2) is 39.4 Å². The van der Waals surface area contributed by atoms with Gasteiger partial charge in [0, 0.05) is 29.3 Å². The summed E-state index contributed by atoms with van der Waals surface area (Å²) in [7, 11) is 0. The Kier molecular flexibility index (Phi) is 5.73. The first-order valence-electron chi connectivity index (χ1n) is 10.5. The maximum Gasteiger partial charge on any atom is 0.469 e. The lowest BCUT2D eigenvalue weighted by atomic mass is 9.83. The number of rotatable bonds is 3. The van der Waals surface area contributed by atoms with E-state index in [1.165, 1.54) is 6.20 Å². The normalized spacial score (nSPS) is 15.7. The summed E-state index contributed by atoms with van der Waals surface area (Å²) >= 11 is 0. The third kappa shape index (κ3) is 4.40. The van der Waals surface area contributed by atoms with Crippen LogP contribution in [0.15, 0.2) is 28.8 Å². The second-order valence-electron chi connectivity index (χ2n) is 9.01. The maximum absolute atomic E-state index is 13.8. The van der Waals surface area contributed by atoms with Gasteiger partial charge < -0.3 is 19.0 Å². The van der Waals surface area contributed by atoms with Crippen LogP contribution in [0.4, 0.5) is 22.0 Å². The van der Waals surface area contributed by atoms with E-state index in [1.807, 2.05) is 0 Å². The molecule has 2 aromatic heterocycles. The zero-order valence-electron chi connectivity index (χ0n) is 19.0. The number of aromatic nitrogens is 2. The first kappa shape index (κ1) is 24.4. The molecule has 3 aromatic rings. The number of carbonyl (C=O) groups excluding carboxylic acids is 2. The maximum atomic E-state index is 13.8. The van der Waals surface area contributed by atoms with Crippen molar-refractivity contribution in [1.29, 1.82) is 0 Å². The molecule has 0 saturated heterocycles. The quantitative estimate of drug-likeness (QED) is 0.398. The molecule has 4 rings (SSSR count). The molecule has 12 heteroatoms. The van der Waals surface area contributed by atoms with Gasteiger partial charge in [-0.2, -0.15) is 18.2 Å². The van der Waals surface area contributed by atoms with E-state index in [0.29, 0.717) is 0 Å². The van der Waals surface area contributed by atoms with E-state index in [2.05, 4.69) is 9.97 Å². The number of alkyl halides is 3. The fourth-order valence-corrected chi connectivity index (χ4v) is 3.97. The smallest absolute Gasteiger partial charge is 0.459 e. The Morgan fingerprint density at radius 3 is 2.49 bits per heavy atom. The molecule has 0 unspecified atom stereocenters. The Balaban J connectivity index is 1.89. The summed E-state index contributed by atoms with van der Waals surface area (Å²) < 4.78 is 77.1. The largest absolute Gasteiger partial charge is 0.469 e. The number of esters is 1. The van der Waals surface area contributed by atoms with Crippen molar-refractivity contribution < 1.29 is 40.7 Å². The van der Waals surface area contributed by atoms with Crippen molar-refractivity contribution in [1.82, 2.24) is 14.9 Å². The van der Waals surface area contributed by atoms with Crippen LogP contribution in [0.2, 0.25) is 0 Å². The van der Waals surface area contributed by atoms with Gasteiger partial charge in [-0.15, -0.1) is 0 Å². The number of nitrogens with zero attached hydrogens (tertiary/aromatic N) is 2. The molecule has 0 aliphatic carbocycles. The van der Waals surface area contributed by atoms with Crippen molar-refractivity contribution in [2.45, 2.75) is 45.4 Å². The third-order valence-corrected chi connectivity index (χ3v) is 5.38. The SMILES string of the molecule is CC(C)OC(=O)C1=CN(C(=O)c2ccc(F)c(F)c2)CC(C)(C)c2c1[nH]c1nc(C(F)(F)F)oc21. The van der Waals surface area contributed by atoms with Crippen molar-refractivity contribution in [2.75, 3.05) is 6.54 Å². The molecule has 0 saturated carbocycles. The molecule has 3 heterocycles. The third-order valence-electron chi connectivity index (χ3n) is 5.38. The van der Waals surface area contributed by atoms with Gasteiger partial charge in [0.05, 0.1) is 17.4 Å². The van der Waals surface area contributed by atoms with Gasteiger partial charge in [0.1, 0.15) is 0 Å². The number of benzene rings is 1. The highest BCUT2D eigenvalue weighted by molar-refractivity contribution is 6.18. The van der Waals surface area contributed by atoms with Crippen LogP contribution in [0, 0.1) is 11.6 Å². The Bertz CT molecular complexity index is 1370. The van der Waals surface area contributed by atoms with Crippen LogP contribution in [0.3, 0.4) is 0 Å². The molecule has 0 bridgehead atoms. The van der Waals surface area contributed by atoms with E-state index in [1.54, 1.807) is 27.7 Å². The summed E-state index contributed by atoms with van der Waals surface area (Å²) in [6, 6.07) is 2.60. The molecule has 0 radical (unpaired) electrons. The van der Waals surface area contributed by atoms with Crippen molar-refractivity contribution >= 4 is 28.7 Å². The number of oxazole rings is 1. The number of ether oxygens (including phenoxy) is 1. The summed E-state index contributed by atoms with van der Waals surface area (Å²) in [6.45, 7) is 6.31. The minimum atomic E-state index is -4.84. The van der Waals surface area contributed by atoms with E-state index in [4.69, 9.17) is 9.15 Å². The van der Waals surface area contributed by atoms with Crippen LogP contribution in [0.1, 0.15) is 55.2 Å². The van der Waals surface area contributed by atoms with E-state index in [9.17, 15) is 31.5 Å². The lowest BCUT2D eigenvalue weighted by Gasteiger charge is -2.29. The number of carbonyl (C=O) groups is 2. The molecule has 35 heavy (non-hydrogen) atoms. The zero-order valence-corrected chi connectivity index (χ0v) is 19.0. The van der Waals surface area contributed by atoms with Gasteiger partial charge in [-0.3, -0.25) is 4.79 Å². The first-order valence-corrected chi connectivity index (χ1v) is 10.5. The fraction of sp³-hybridized carbons (Fsp3) is 0.348. The van der Waals surface area contributed by atoms with Gasteiger partial charge in [0.15, 0.2) is 22.9 Å². The molecule has 0 fully saturated rings. The number of nitrogens with one attached hydrogen (secondary N) is 1. The van der Waals surface area contributed by atoms with Crippen LogP contribution < -0.4 is 0 Å². The van der Waals surface area contributed by atoms with Gasteiger partial charge >= 0.3 is 18.0 Å². The number of hydrogen-bond donors (Lipinski definition) is 1. The van der Waals surface area contributed by atoms with Crippen LogP contribution >= 0.6 is 0 Å². The molecule has 1 aromatic carbocycles. The number of amides is 1. The predicted octanol–water partition coefficient (Wildman–Crippen LogP) is 5.18. The minimum Gasteiger partial charge on any atom is -0.459 e. The van der Waals surface area contributed by atoms with Gasteiger partial charge in [-0.05, 0) is 32.0 Å². The van der Waals surface area contributed by atoms with Crippen LogP contribution in [0.25, 0.3) is 16.8 Å². The standard InChI is InChI=1S/C23H20F5N3O4/c1-10(2)34-20(33)12-8-31(19(32)11-5-6-13(24)14(25)7-11)9-22(3,4)15-16(12)29-18-17(15)35-21(30-18)23(26,27)28/h5-8,10,29H,9H2,1-4H3. The van der Waals surface area contributed by atoms with Crippen LogP contribution in [-0.2, 0) is 21.1 Å². The predicted molar refractivity (Wildman–Crippen MR) is 113 cm³/mol. The lowest BCUT2D eigenvalue weighted by Crippen LogP contribution is -2.37. The number of fused-ring (bicyclic) bond motifs is 3. The monoisotopic (exact) mass is 497 g/mol. The van der Waals surface area contributed by atoms with Gasteiger partial charge in [-0.25, -0.2) is 13.6 Å². The molecule has 1 N–H and O–H groups in total. The number of aromatic amines is 1. The second kappa shape index (κ2) is 8.21. The van der Waals surface area contributed by atoms with E-state index in [-0.39, 0.29) is 40.2 Å². The summed E-state index contributed by atoms with van der Waals surface area (Å²) in [5, 5.41) is 0. The molecule has 1 amide bonds. The lowest BCUT2D eigenvalue weighted by molar-refractivity contribution is -0.156. The molecule has 1 aliphatic heterocycles. The first-order chi connectivity index (χ1) is 16.2. The average molecular weight is 497 g/mol. The number of hydrogen-bond acceptors (Lipinski definition) is 5. The summed E-state index contributed by atoms with van der Waals surface area (Å²) in [4.78, 5) is 33.5. The Morgan fingerprint density at radius 2 is 1.89 bits per heavy atom. The topological polar surface area (TPSA) is 88.4 Å². The molecule has 0 spiro atoms. The fourth-order valence-electron chi connectivity index (χ4n) is 3.97. The summed E-state index contributed by atoms with van der Waals surface area (Å²) in [6.07, 6.45) is -4.22. The summed E-state index contributed by atoms with van der Waals surface area (Å²) in [5.74, 6) is -5.46. The van der Waals surface area contributed by atoms with Gasteiger partial charge in [-0.1, -0.05) is 13.8 Å². The van der Waals surface area contributed by atoms with E-state index < -0.39 is 47.1 Å². The summed E-state index contributed by atoms with van der Waals surface area (Å²) in [5.41, 5.74) is -1.62. The minimum absolute atomic E-state index is 0.0798. The Hall–Kier alpha value is -3.70. The highest BCUT2D eigenvalue weighted by Crippen LogP contribution is 2.42. The van der Waals surface area contributed by atoms with Crippen LogP contribution in [0.5, 0.6) is 0 Å². The number of H-pyrrole nitrogens is 1. The molecule has 0 atom stereocenters. The van der Waals surface area contributed by atoms with E-state index >= 15 is 0 Å². The van der Waals surface area contributed by atoms with Crippen molar-refractivity contribution in [3.63, 3.8) is 0 Å². The molecule has 7 nitrogen and oxygen atoms in total. The Labute approximate surface area is 195 Å². The van der Waals surface area contributed by atoms with Gasteiger partial charge in [0.2, 0.25) is 0 Å². The van der Waals surface area contributed by atoms with Crippen molar-refractivity contribution in [3.05, 3.63) is 58.7 Å². The molecular weight excluding hydrogens is 477 g/mol. The molecular formula is C23H20F5N3O4. The zero-order chi connectivity index (χ0) is 25.9. The van der Waals surface area contributed by atoms with E-state index in [0.717, 1.165) is 23.1 Å². The van der Waals surface area contributed by atoms with Gasteiger partial charge in [0.25, 0.3) is 5.91 Å². The van der Waals surface area contributed by atoms with Crippen molar-refractivity contribution in [3.8, 4) is 0 Å². The second-order valence-corrected chi connectivity index (χ2v) is 9.01. The highest BCUT2D eigenvalue weighted by Gasteiger charge is 2.43. The molecule has 186 valence electrons. The number of halogens is 5. The Morgan fingerprint density at radius 1 is 1.20 bits per heavy atom. The highest BCUT2D eigenvalue weighted by atomic mass is 19.4. The molecule has 1 aliphatic rings. The average Bonchev–Trinajstić information content (AvgIpc) is 3.26. The van der Waals surface area contributed by atoms with Crippen molar-refractivity contribution in [2.24, 2.45) is 0 Å².